The highest BCUT2D eigenvalue weighted by atomic mass is 32.2. The summed E-state index contributed by atoms with van der Waals surface area (Å²) in [5.74, 6) is 2.56. The van der Waals surface area contributed by atoms with Crippen LogP contribution in [0.1, 0.15) is 53.1 Å². The zero-order valence-electron chi connectivity index (χ0n) is 10.7. The third kappa shape index (κ3) is 2.47. The summed E-state index contributed by atoms with van der Waals surface area (Å²) >= 11 is 6.13. The number of aromatic nitrogens is 1. The van der Waals surface area contributed by atoms with Crippen LogP contribution in [-0.4, -0.2) is 21.7 Å². The predicted molar refractivity (Wildman–Crippen MR) is 83.7 cm³/mol. The van der Waals surface area contributed by atoms with Gasteiger partial charge in [-0.05, 0) is 25.7 Å². The first-order chi connectivity index (χ1) is 8.79. The van der Waals surface area contributed by atoms with E-state index in [4.69, 9.17) is 10.7 Å². The van der Waals surface area contributed by atoms with Crippen molar-refractivity contribution in [2.45, 2.75) is 49.1 Å². The second-order valence-electron chi connectivity index (χ2n) is 4.97. The van der Waals surface area contributed by atoms with Crippen molar-refractivity contribution in [3.63, 3.8) is 0 Å². The third-order valence-corrected chi connectivity index (χ3v) is 8.42. The number of thiazole rings is 1. The number of rotatable bonds is 2. The van der Waals surface area contributed by atoms with Gasteiger partial charge in [0.25, 0.3) is 0 Å². The minimum absolute atomic E-state index is 0.251. The first kappa shape index (κ1) is 13.3. The van der Waals surface area contributed by atoms with Crippen molar-refractivity contribution in [3.05, 3.63) is 15.6 Å². The van der Waals surface area contributed by atoms with Crippen LogP contribution in [0.2, 0.25) is 0 Å². The molecule has 100 valence electrons. The van der Waals surface area contributed by atoms with Gasteiger partial charge in [0.2, 0.25) is 0 Å². The highest BCUT2D eigenvalue weighted by Crippen LogP contribution is 2.47. The van der Waals surface area contributed by atoms with Crippen LogP contribution in [0.5, 0.6) is 0 Å². The number of nitrogens with zero attached hydrogens (tertiary/aromatic N) is 1. The minimum atomic E-state index is 0.251. The Morgan fingerprint density at radius 1 is 1.33 bits per heavy atom. The van der Waals surface area contributed by atoms with E-state index >= 15 is 0 Å². The molecule has 1 aromatic heterocycles. The SMILES string of the molecule is CCC1SCCSC1c1nc2c(s1)C(N)CCC2. The number of fused-ring (bicyclic) bond motifs is 1. The van der Waals surface area contributed by atoms with Gasteiger partial charge in [-0.3, -0.25) is 0 Å². The Kier molecular flexibility index (Phi) is 4.23. The van der Waals surface area contributed by atoms with Crippen LogP contribution < -0.4 is 5.73 Å². The van der Waals surface area contributed by atoms with Gasteiger partial charge in [-0.15, -0.1) is 23.1 Å². The molecular weight excluding hydrogens is 280 g/mol. The zero-order chi connectivity index (χ0) is 12.5. The molecule has 1 fully saturated rings. The average Bonchev–Trinajstić information content (AvgIpc) is 2.84. The molecule has 0 radical (unpaired) electrons. The summed E-state index contributed by atoms with van der Waals surface area (Å²) < 4.78 is 0. The van der Waals surface area contributed by atoms with E-state index in [1.54, 1.807) is 0 Å². The van der Waals surface area contributed by atoms with Crippen LogP contribution in [0.4, 0.5) is 0 Å². The van der Waals surface area contributed by atoms with Crippen molar-refractivity contribution in [2.24, 2.45) is 5.73 Å². The molecule has 2 heterocycles. The molecule has 1 saturated heterocycles. The molecule has 18 heavy (non-hydrogen) atoms. The molecule has 1 aliphatic carbocycles. The molecule has 3 rings (SSSR count). The molecule has 3 unspecified atom stereocenters. The van der Waals surface area contributed by atoms with Crippen molar-refractivity contribution in [3.8, 4) is 0 Å². The molecule has 3 atom stereocenters. The van der Waals surface area contributed by atoms with Gasteiger partial charge in [0.1, 0.15) is 5.01 Å². The van der Waals surface area contributed by atoms with Crippen molar-refractivity contribution < 1.29 is 0 Å². The van der Waals surface area contributed by atoms with Crippen LogP contribution in [-0.2, 0) is 6.42 Å². The van der Waals surface area contributed by atoms with Gasteiger partial charge in [0.15, 0.2) is 0 Å². The largest absolute Gasteiger partial charge is 0.323 e. The van der Waals surface area contributed by atoms with Gasteiger partial charge in [0, 0.05) is 27.7 Å². The molecule has 5 heteroatoms. The molecule has 0 aromatic carbocycles. The van der Waals surface area contributed by atoms with E-state index in [2.05, 4.69) is 30.4 Å². The van der Waals surface area contributed by atoms with E-state index in [1.807, 2.05) is 11.3 Å². The van der Waals surface area contributed by atoms with Crippen LogP contribution in [0, 0.1) is 0 Å². The van der Waals surface area contributed by atoms with E-state index in [-0.39, 0.29) is 6.04 Å². The molecule has 1 aromatic rings. The summed E-state index contributed by atoms with van der Waals surface area (Å²) in [7, 11) is 0. The fraction of sp³-hybridized carbons (Fsp3) is 0.769. The maximum absolute atomic E-state index is 6.21. The third-order valence-electron chi connectivity index (χ3n) is 3.71. The van der Waals surface area contributed by atoms with Crippen molar-refractivity contribution >= 4 is 34.9 Å². The molecule has 2 aliphatic rings. The van der Waals surface area contributed by atoms with Crippen molar-refractivity contribution in [1.82, 2.24) is 4.98 Å². The first-order valence-electron chi connectivity index (χ1n) is 6.78. The Labute approximate surface area is 122 Å². The topological polar surface area (TPSA) is 38.9 Å². The number of hydrogen-bond acceptors (Lipinski definition) is 5. The smallest absolute Gasteiger partial charge is 0.107 e. The van der Waals surface area contributed by atoms with Gasteiger partial charge in [-0.1, -0.05) is 6.92 Å². The summed E-state index contributed by atoms with van der Waals surface area (Å²) in [6, 6.07) is 0.251. The predicted octanol–water partition coefficient (Wildman–Crippen LogP) is 3.78. The second-order valence-corrected chi connectivity index (χ2v) is 8.63. The van der Waals surface area contributed by atoms with E-state index in [1.165, 1.54) is 39.9 Å². The Morgan fingerprint density at radius 3 is 2.94 bits per heavy atom. The Bertz CT molecular complexity index is 418. The lowest BCUT2D eigenvalue weighted by atomic mass is 9.99. The molecule has 2 nitrogen and oxygen atoms in total. The summed E-state index contributed by atoms with van der Waals surface area (Å²) in [4.78, 5) is 6.30. The molecule has 0 bridgehead atoms. The lowest BCUT2D eigenvalue weighted by Crippen LogP contribution is -2.18. The van der Waals surface area contributed by atoms with Gasteiger partial charge in [0.05, 0.1) is 10.9 Å². The highest BCUT2D eigenvalue weighted by molar-refractivity contribution is 8.06. The van der Waals surface area contributed by atoms with Gasteiger partial charge < -0.3 is 5.73 Å². The maximum Gasteiger partial charge on any atom is 0.107 e. The summed E-state index contributed by atoms with van der Waals surface area (Å²) in [6.45, 7) is 2.30. The normalized spacial score (nSPS) is 32.2. The number of aryl methyl sites for hydroxylation is 1. The van der Waals surface area contributed by atoms with Crippen molar-refractivity contribution in [2.75, 3.05) is 11.5 Å². The van der Waals surface area contributed by atoms with Crippen LogP contribution in [0.15, 0.2) is 0 Å². The summed E-state index contributed by atoms with van der Waals surface area (Å²) in [5.41, 5.74) is 7.52. The Hall–Kier alpha value is 0.290. The number of thioether (sulfide) groups is 2. The number of nitrogens with two attached hydrogens (primary N) is 1. The van der Waals surface area contributed by atoms with Crippen molar-refractivity contribution in [1.29, 1.82) is 0 Å². The Morgan fingerprint density at radius 2 is 2.17 bits per heavy atom. The summed E-state index contributed by atoms with van der Waals surface area (Å²) in [5, 5.41) is 2.70. The fourth-order valence-electron chi connectivity index (χ4n) is 2.73. The minimum Gasteiger partial charge on any atom is -0.323 e. The second kappa shape index (κ2) is 5.73. The molecule has 1 aliphatic heterocycles. The standard InChI is InChI=1S/C13H20N2S3/c1-2-10-12(17-7-6-16-10)13-15-9-5-3-4-8(14)11(9)18-13/h8,10,12H,2-7,14H2,1H3. The lowest BCUT2D eigenvalue weighted by Gasteiger charge is -2.28. The summed E-state index contributed by atoms with van der Waals surface area (Å²) in [6.07, 6.45) is 4.74. The Balaban J connectivity index is 1.87. The molecule has 2 N–H and O–H groups in total. The molecule has 0 saturated carbocycles. The molecule has 0 amide bonds. The molecule has 0 spiro atoms. The fourth-order valence-corrected chi connectivity index (χ4v) is 7.30. The molecular formula is C13H20N2S3. The van der Waals surface area contributed by atoms with E-state index in [0.29, 0.717) is 5.25 Å². The van der Waals surface area contributed by atoms with Crippen LogP contribution >= 0.6 is 34.9 Å². The monoisotopic (exact) mass is 300 g/mol. The quantitative estimate of drug-likeness (QED) is 0.902. The zero-order valence-corrected chi connectivity index (χ0v) is 13.2. The van der Waals surface area contributed by atoms with Gasteiger partial charge >= 0.3 is 0 Å². The maximum atomic E-state index is 6.21. The average molecular weight is 301 g/mol. The van der Waals surface area contributed by atoms with Crippen LogP contribution in [0.25, 0.3) is 0 Å². The lowest BCUT2D eigenvalue weighted by molar-refractivity contribution is 0.572. The van der Waals surface area contributed by atoms with E-state index < -0.39 is 0 Å². The van der Waals surface area contributed by atoms with Crippen LogP contribution in [0.3, 0.4) is 0 Å². The first-order valence-corrected chi connectivity index (χ1v) is 9.69. The highest BCUT2D eigenvalue weighted by Gasteiger charge is 2.31. The van der Waals surface area contributed by atoms with E-state index in [0.717, 1.165) is 18.1 Å². The van der Waals surface area contributed by atoms with Gasteiger partial charge in [-0.2, -0.15) is 11.8 Å². The number of hydrogen-bond donors (Lipinski definition) is 1. The van der Waals surface area contributed by atoms with Gasteiger partial charge in [-0.25, -0.2) is 4.98 Å². The van der Waals surface area contributed by atoms with E-state index in [9.17, 15) is 0 Å².